The monoisotopic (exact) mass is 474 g/mol. The number of carbonyl (C=O) groups excluding carboxylic acids is 2. The molecule has 2 atom stereocenters. The number of hydrogen-bond donors (Lipinski definition) is 3. The lowest BCUT2D eigenvalue weighted by molar-refractivity contribution is -0.150. The van der Waals surface area contributed by atoms with Crippen molar-refractivity contribution in [2.45, 2.75) is 103 Å². The van der Waals surface area contributed by atoms with Gasteiger partial charge in [-0.1, -0.05) is 62.9 Å². The van der Waals surface area contributed by atoms with Gasteiger partial charge in [-0.3, -0.25) is 9.59 Å². The molecule has 34 heavy (non-hydrogen) atoms. The molecule has 1 aliphatic carbocycles. The molecule has 0 saturated heterocycles. The number of ether oxygens (including phenoxy) is 1. The number of unbranched alkanes of at least 4 members (excludes halogenated alkanes) is 2. The number of alkyl carbamates (subject to hydrolysis) is 1. The Kier molecular flexibility index (Phi) is 9.95. The topological polar surface area (TPSA) is 105 Å². The summed E-state index contributed by atoms with van der Waals surface area (Å²) >= 11 is 0. The first-order valence-corrected chi connectivity index (χ1v) is 12.5. The second-order valence-corrected chi connectivity index (χ2v) is 10.8. The Hall–Kier alpha value is -2.57. The average Bonchev–Trinajstić information content (AvgIpc) is 2.69. The van der Waals surface area contributed by atoms with Gasteiger partial charge in [-0.25, -0.2) is 4.79 Å². The van der Waals surface area contributed by atoms with E-state index in [2.05, 4.69) is 29.7 Å². The number of nitrogens with one attached hydrogen (secondary N) is 2. The van der Waals surface area contributed by atoms with Crippen LogP contribution in [0.1, 0.15) is 85.1 Å². The quantitative estimate of drug-likeness (QED) is 0.367. The maximum absolute atomic E-state index is 12.8. The van der Waals surface area contributed by atoms with Crippen molar-refractivity contribution < 1.29 is 24.2 Å². The smallest absolute Gasteiger partial charge is 0.407 e. The van der Waals surface area contributed by atoms with E-state index >= 15 is 0 Å². The van der Waals surface area contributed by atoms with Crippen LogP contribution in [0.25, 0.3) is 0 Å². The minimum absolute atomic E-state index is 0.231. The van der Waals surface area contributed by atoms with Gasteiger partial charge in [0.05, 0.1) is 17.5 Å². The first-order chi connectivity index (χ1) is 15.9. The Morgan fingerprint density at radius 1 is 1.15 bits per heavy atom. The van der Waals surface area contributed by atoms with E-state index in [1.54, 1.807) is 20.8 Å². The number of carboxylic acid groups (broad SMARTS) is 1. The number of amides is 2. The van der Waals surface area contributed by atoms with Gasteiger partial charge in [-0.15, -0.1) is 0 Å². The van der Waals surface area contributed by atoms with Crippen LogP contribution < -0.4 is 10.6 Å². The van der Waals surface area contributed by atoms with Gasteiger partial charge in [-0.05, 0) is 57.9 Å². The lowest BCUT2D eigenvalue weighted by atomic mass is 9.62. The predicted molar refractivity (Wildman–Crippen MR) is 132 cm³/mol. The van der Waals surface area contributed by atoms with Crippen LogP contribution in [0.4, 0.5) is 4.79 Å². The minimum atomic E-state index is -0.874. The summed E-state index contributed by atoms with van der Waals surface area (Å²) < 4.78 is 5.53. The molecule has 1 aliphatic rings. The van der Waals surface area contributed by atoms with Crippen LogP contribution in [0.3, 0.4) is 0 Å². The zero-order valence-electron chi connectivity index (χ0n) is 21.4. The van der Waals surface area contributed by atoms with Gasteiger partial charge < -0.3 is 20.5 Å². The van der Waals surface area contributed by atoms with Crippen LogP contribution in [0.5, 0.6) is 0 Å². The second kappa shape index (κ2) is 12.2. The molecule has 0 aliphatic heterocycles. The largest absolute Gasteiger partial charge is 0.481 e. The highest BCUT2D eigenvalue weighted by molar-refractivity contribution is 5.77. The number of hydrogen-bond acceptors (Lipinski definition) is 4. The highest BCUT2D eigenvalue weighted by Crippen LogP contribution is 2.43. The fraction of sp³-hybridized carbons (Fsp3) is 0.667. The van der Waals surface area contributed by atoms with Crippen LogP contribution in [0.15, 0.2) is 30.3 Å². The molecule has 0 bridgehead atoms. The SMILES string of the molecule is CCCCCC(Cc1ccccc1)CC(NC(=O)OC(C)(C)C)C1(NC(C)=O)CC(C(=O)O)C1. The third-order valence-electron chi connectivity index (χ3n) is 6.51. The molecule has 1 saturated carbocycles. The highest BCUT2D eigenvalue weighted by atomic mass is 16.6. The lowest BCUT2D eigenvalue weighted by Gasteiger charge is -2.52. The fourth-order valence-corrected chi connectivity index (χ4v) is 4.96. The summed E-state index contributed by atoms with van der Waals surface area (Å²) in [6.07, 6.45) is 5.84. The van der Waals surface area contributed by atoms with Gasteiger partial charge in [0.1, 0.15) is 5.60 Å². The van der Waals surface area contributed by atoms with Gasteiger partial charge in [-0.2, -0.15) is 0 Å². The summed E-state index contributed by atoms with van der Waals surface area (Å²) in [5.74, 6) is -1.38. The predicted octanol–water partition coefficient (Wildman–Crippen LogP) is 5.08. The molecule has 0 spiro atoms. The van der Waals surface area contributed by atoms with Crippen LogP contribution in [-0.4, -0.2) is 40.3 Å². The van der Waals surface area contributed by atoms with Crippen LogP contribution in [0, 0.1) is 11.8 Å². The average molecular weight is 475 g/mol. The Labute approximate surface area is 204 Å². The van der Waals surface area contributed by atoms with Crippen molar-refractivity contribution in [2.75, 3.05) is 0 Å². The zero-order valence-corrected chi connectivity index (χ0v) is 21.4. The standard InChI is InChI=1S/C27H42N2O5/c1-6-7-9-14-21(15-20-12-10-8-11-13-20)16-23(28-25(33)34-26(3,4)5)27(29-19(2)30)17-22(18-27)24(31)32/h8,10-13,21-23H,6-7,9,14-18H2,1-5H3,(H,28,33)(H,29,30)(H,31,32). The lowest BCUT2D eigenvalue weighted by Crippen LogP contribution is -2.69. The van der Waals surface area contributed by atoms with E-state index < -0.39 is 35.2 Å². The molecule has 7 heteroatoms. The van der Waals surface area contributed by atoms with E-state index in [0.29, 0.717) is 6.42 Å². The van der Waals surface area contributed by atoms with Crippen molar-refractivity contribution in [3.05, 3.63) is 35.9 Å². The van der Waals surface area contributed by atoms with Crippen molar-refractivity contribution in [3.8, 4) is 0 Å². The maximum Gasteiger partial charge on any atom is 0.407 e. The van der Waals surface area contributed by atoms with Crippen LogP contribution >= 0.6 is 0 Å². The molecule has 3 N–H and O–H groups in total. The molecule has 0 heterocycles. The van der Waals surface area contributed by atoms with E-state index in [9.17, 15) is 19.5 Å². The van der Waals surface area contributed by atoms with Crippen molar-refractivity contribution in [3.63, 3.8) is 0 Å². The maximum atomic E-state index is 12.8. The summed E-state index contributed by atoms with van der Waals surface area (Å²) in [5, 5.41) is 15.5. The van der Waals surface area contributed by atoms with Gasteiger partial charge in [0.25, 0.3) is 0 Å². The molecule has 190 valence electrons. The minimum Gasteiger partial charge on any atom is -0.481 e. The zero-order chi connectivity index (χ0) is 25.4. The summed E-state index contributed by atoms with van der Waals surface area (Å²) in [6.45, 7) is 9.02. The summed E-state index contributed by atoms with van der Waals surface area (Å²) in [7, 11) is 0. The van der Waals surface area contributed by atoms with Gasteiger partial charge >= 0.3 is 12.1 Å². The van der Waals surface area contributed by atoms with Crippen molar-refractivity contribution in [1.82, 2.24) is 10.6 Å². The van der Waals surface area contributed by atoms with Crippen molar-refractivity contribution in [2.24, 2.45) is 11.8 Å². The molecule has 7 nitrogen and oxygen atoms in total. The number of rotatable bonds is 12. The van der Waals surface area contributed by atoms with Gasteiger partial charge in [0.2, 0.25) is 5.91 Å². The number of aliphatic carboxylic acids is 1. The normalized spacial score (nSPS) is 21.6. The van der Waals surface area contributed by atoms with E-state index in [1.165, 1.54) is 12.5 Å². The molecule has 0 aromatic heterocycles. The molecular weight excluding hydrogens is 432 g/mol. The number of carboxylic acids is 1. The van der Waals surface area contributed by atoms with Crippen LogP contribution in [0.2, 0.25) is 0 Å². The molecule has 2 rings (SSSR count). The molecule has 2 amide bonds. The summed E-state index contributed by atoms with van der Waals surface area (Å²) in [6, 6.07) is 9.83. The summed E-state index contributed by atoms with van der Waals surface area (Å²) in [4.78, 5) is 36.5. The Morgan fingerprint density at radius 3 is 2.32 bits per heavy atom. The number of carbonyl (C=O) groups is 3. The molecule has 2 unspecified atom stereocenters. The number of benzene rings is 1. The van der Waals surface area contributed by atoms with E-state index in [-0.39, 0.29) is 24.7 Å². The molecule has 1 aromatic rings. The fourth-order valence-electron chi connectivity index (χ4n) is 4.96. The van der Waals surface area contributed by atoms with Gasteiger partial charge in [0.15, 0.2) is 0 Å². The van der Waals surface area contributed by atoms with Crippen molar-refractivity contribution >= 4 is 18.0 Å². The summed E-state index contributed by atoms with van der Waals surface area (Å²) in [5.41, 5.74) is -0.236. The van der Waals surface area contributed by atoms with E-state index in [1.807, 2.05) is 18.2 Å². The first-order valence-electron chi connectivity index (χ1n) is 12.5. The third kappa shape index (κ3) is 8.65. The molecular formula is C27H42N2O5. The second-order valence-electron chi connectivity index (χ2n) is 10.8. The molecule has 0 radical (unpaired) electrons. The van der Waals surface area contributed by atoms with Crippen LogP contribution in [-0.2, 0) is 20.7 Å². The Bertz CT molecular complexity index is 812. The van der Waals surface area contributed by atoms with E-state index in [4.69, 9.17) is 4.74 Å². The van der Waals surface area contributed by atoms with Gasteiger partial charge in [0, 0.05) is 6.92 Å². The third-order valence-corrected chi connectivity index (χ3v) is 6.51. The highest BCUT2D eigenvalue weighted by Gasteiger charge is 2.54. The Morgan fingerprint density at radius 2 is 1.79 bits per heavy atom. The first kappa shape index (κ1) is 27.7. The Balaban J connectivity index is 2.31. The molecule has 1 fully saturated rings. The molecule has 1 aromatic carbocycles. The van der Waals surface area contributed by atoms with E-state index in [0.717, 1.165) is 32.1 Å². The van der Waals surface area contributed by atoms with Crippen molar-refractivity contribution in [1.29, 1.82) is 0 Å².